The summed E-state index contributed by atoms with van der Waals surface area (Å²) in [6.45, 7) is 2.88. The van der Waals surface area contributed by atoms with Crippen LogP contribution in [0.25, 0.3) is 5.65 Å². The topological polar surface area (TPSA) is 117 Å². The molecule has 0 spiro atoms. The molecule has 0 aliphatic rings. The molecule has 0 saturated heterocycles. The van der Waals surface area contributed by atoms with Gasteiger partial charge in [-0.2, -0.15) is 0 Å². The van der Waals surface area contributed by atoms with Crippen molar-refractivity contribution in [3.8, 4) is 0 Å². The molecule has 2 amide bonds. The van der Waals surface area contributed by atoms with E-state index >= 15 is 0 Å². The maximum Gasteiger partial charge on any atom is 0.268 e. The molecule has 0 bridgehead atoms. The van der Waals surface area contributed by atoms with E-state index in [1.807, 2.05) is 0 Å². The summed E-state index contributed by atoms with van der Waals surface area (Å²) in [5.41, 5.74) is 3.11. The number of benzene rings is 2. The van der Waals surface area contributed by atoms with Gasteiger partial charge < -0.3 is 16.0 Å². The second-order valence-corrected chi connectivity index (χ2v) is 7.48. The van der Waals surface area contributed by atoms with Gasteiger partial charge in [0.05, 0.1) is 5.69 Å². The predicted molar refractivity (Wildman–Crippen MR) is 141 cm³/mol. The quantitative estimate of drug-likeness (QED) is 0.343. The van der Waals surface area contributed by atoms with Gasteiger partial charge in [-0.3, -0.25) is 23.8 Å². The summed E-state index contributed by atoms with van der Waals surface area (Å²) in [4.78, 5) is 44.7. The summed E-state index contributed by atoms with van der Waals surface area (Å²) in [6, 6.07) is 19.3. The highest BCUT2D eigenvalue weighted by Crippen LogP contribution is 2.21. The molecule has 4 rings (SSSR count). The van der Waals surface area contributed by atoms with Gasteiger partial charge in [-0.15, -0.1) is 12.4 Å². The van der Waals surface area contributed by atoms with E-state index in [-0.39, 0.29) is 35.3 Å². The molecule has 0 atom stereocenters. The van der Waals surface area contributed by atoms with Crippen LogP contribution in [-0.2, 0) is 9.59 Å². The van der Waals surface area contributed by atoms with Gasteiger partial charge in [-0.05, 0) is 60.7 Å². The Morgan fingerprint density at radius 1 is 0.857 bits per heavy atom. The maximum absolute atomic E-state index is 13.2. The highest BCUT2D eigenvalue weighted by atomic mass is 35.5. The van der Waals surface area contributed by atoms with Crippen molar-refractivity contribution in [1.29, 1.82) is 0 Å². The Labute approximate surface area is 207 Å². The number of nitrogens with zero attached hydrogens (tertiary/aromatic N) is 3. The number of aliphatic imine (C=N–C) groups is 1. The van der Waals surface area contributed by atoms with Crippen LogP contribution in [0, 0.1) is 0 Å². The zero-order valence-corrected chi connectivity index (χ0v) is 19.8. The second-order valence-electron chi connectivity index (χ2n) is 7.48. The number of aromatic nitrogens is 2. The van der Waals surface area contributed by atoms with E-state index in [9.17, 15) is 14.4 Å². The van der Waals surface area contributed by atoms with Crippen LogP contribution in [0.5, 0.6) is 0 Å². The number of carbonyl (C=O) groups excluding carboxylic acids is 2. The largest absolute Gasteiger partial charge is 0.339 e. The summed E-state index contributed by atoms with van der Waals surface area (Å²) in [6.07, 6.45) is 3.12. The van der Waals surface area contributed by atoms with Gasteiger partial charge in [0.25, 0.3) is 5.56 Å². The zero-order valence-electron chi connectivity index (χ0n) is 19.0. The number of anilines is 4. The Hall–Kier alpha value is -4.50. The number of halogens is 1. The fourth-order valence-electron chi connectivity index (χ4n) is 3.26. The molecule has 9 nitrogen and oxygen atoms in total. The lowest BCUT2D eigenvalue weighted by Gasteiger charge is -2.11. The highest BCUT2D eigenvalue weighted by molar-refractivity contribution is 5.91. The molecule has 2 aromatic carbocycles. The summed E-state index contributed by atoms with van der Waals surface area (Å²) in [5.74, 6) is 0.0305. The molecule has 35 heavy (non-hydrogen) atoms. The third-order valence-electron chi connectivity index (χ3n) is 4.77. The van der Waals surface area contributed by atoms with Crippen LogP contribution in [0.3, 0.4) is 0 Å². The minimum absolute atomic E-state index is 0. The summed E-state index contributed by atoms with van der Waals surface area (Å²) in [7, 11) is 0. The molecule has 4 aromatic rings. The number of amides is 2. The third-order valence-corrected chi connectivity index (χ3v) is 4.77. The first-order valence-electron chi connectivity index (χ1n) is 10.5. The summed E-state index contributed by atoms with van der Waals surface area (Å²) in [5, 5.41) is 8.59. The Kier molecular flexibility index (Phi) is 7.96. The van der Waals surface area contributed by atoms with E-state index in [2.05, 4.69) is 25.9 Å². The van der Waals surface area contributed by atoms with E-state index in [1.165, 1.54) is 24.5 Å². The lowest BCUT2D eigenvalue weighted by Crippen LogP contribution is -2.21. The SMILES string of the molecule is CC(=O)Nc1ccc(N=Cc2c(Nc3ccc(NC(C)=O)cc3)nc3ccccn3c2=O)cc1.Cl. The van der Waals surface area contributed by atoms with Crippen molar-refractivity contribution >= 4 is 64.7 Å². The van der Waals surface area contributed by atoms with E-state index < -0.39 is 0 Å². The molecule has 178 valence electrons. The monoisotopic (exact) mass is 490 g/mol. The first-order chi connectivity index (χ1) is 16.4. The standard InChI is InChI=1S/C25H22N6O3.ClH/c1-16(32)27-19-8-6-18(7-9-19)26-15-22-24(30-23-5-3-4-14-31(23)25(22)34)29-21-12-10-20(11-13-21)28-17(2)33;/h3-15,29H,1-2H3,(H,27,32)(H,28,33);1H. The average molecular weight is 491 g/mol. The molecule has 2 aromatic heterocycles. The van der Waals surface area contributed by atoms with Crippen LogP contribution in [0.15, 0.2) is 82.7 Å². The molecule has 3 N–H and O–H groups in total. The van der Waals surface area contributed by atoms with Crippen molar-refractivity contribution in [3.63, 3.8) is 0 Å². The minimum atomic E-state index is -0.276. The van der Waals surface area contributed by atoms with Gasteiger partial charge in [-0.25, -0.2) is 4.98 Å². The van der Waals surface area contributed by atoms with Crippen molar-refractivity contribution in [1.82, 2.24) is 9.38 Å². The second kappa shape index (κ2) is 11.1. The first-order valence-corrected chi connectivity index (χ1v) is 10.5. The van der Waals surface area contributed by atoms with Crippen molar-refractivity contribution in [2.45, 2.75) is 13.8 Å². The third kappa shape index (κ3) is 6.30. The van der Waals surface area contributed by atoms with E-state index in [4.69, 9.17) is 0 Å². The molecule has 0 aliphatic heterocycles. The number of rotatable bonds is 6. The smallest absolute Gasteiger partial charge is 0.268 e. The van der Waals surface area contributed by atoms with Gasteiger partial charge in [-0.1, -0.05) is 6.07 Å². The van der Waals surface area contributed by atoms with Gasteiger partial charge in [0.15, 0.2) is 0 Å². The molecule has 0 fully saturated rings. The molecule has 0 saturated carbocycles. The highest BCUT2D eigenvalue weighted by Gasteiger charge is 2.12. The fourth-order valence-corrected chi connectivity index (χ4v) is 3.26. The van der Waals surface area contributed by atoms with E-state index in [1.54, 1.807) is 72.9 Å². The number of carbonyl (C=O) groups is 2. The van der Waals surface area contributed by atoms with Crippen LogP contribution < -0.4 is 21.5 Å². The van der Waals surface area contributed by atoms with Gasteiger partial charge in [0.2, 0.25) is 11.8 Å². The molecule has 10 heteroatoms. The Bertz CT molecular complexity index is 1450. The van der Waals surface area contributed by atoms with Crippen LogP contribution in [0.1, 0.15) is 19.4 Å². The Morgan fingerprint density at radius 3 is 2.03 bits per heavy atom. The van der Waals surface area contributed by atoms with Gasteiger partial charge >= 0.3 is 0 Å². The normalized spacial score (nSPS) is 10.6. The molecule has 0 aliphatic carbocycles. The number of hydrogen-bond acceptors (Lipinski definition) is 6. The number of nitrogens with one attached hydrogen (secondary N) is 3. The predicted octanol–water partition coefficient (Wildman–Crippen LogP) is 4.53. The minimum Gasteiger partial charge on any atom is -0.339 e. The molecule has 0 radical (unpaired) electrons. The van der Waals surface area contributed by atoms with Crippen LogP contribution >= 0.6 is 12.4 Å². The first kappa shape index (κ1) is 25.1. The summed E-state index contributed by atoms with van der Waals surface area (Å²) < 4.78 is 1.45. The van der Waals surface area contributed by atoms with Crippen molar-refractivity contribution in [2.24, 2.45) is 4.99 Å². The maximum atomic E-state index is 13.2. The number of pyridine rings is 1. The molecular weight excluding hydrogens is 468 g/mol. The van der Waals surface area contributed by atoms with Crippen LogP contribution in [0.4, 0.5) is 28.6 Å². The van der Waals surface area contributed by atoms with Crippen LogP contribution in [-0.4, -0.2) is 27.4 Å². The van der Waals surface area contributed by atoms with Crippen molar-refractivity contribution < 1.29 is 9.59 Å². The fraction of sp³-hybridized carbons (Fsp3) is 0.0800. The molecular formula is C25H23ClN6O3. The lowest BCUT2D eigenvalue weighted by molar-refractivity contribution is -0.115. The zero-order chi connectivity index (χ0) is 24.1. The lowest BCUT2D eigenvalue weighted by atomic mass is 10.2. The van der Waals surface area contributed by atoms with E-state index in [0.717, 1.165) is 0 Å². The molecule has 0 unspecified atom stereocenters. The average Bonchev–Trinajstić information content (AvgIpc) is 2.80. The van der Waals surface area contributed by atoms with Crippen molar-refractivity contribution in [3.05, 3.63) is 88.8 Å². The van der Waals surface area contributed by atoms with Crippen LogP contribution in [0.2, 0.25) is 0 Å². The Balaban J connectivity index is 0.00000342. The Morgan fingerprint density at radius 2 is 1.43 bits per heavy atom. The number of hydrogen-bond donors (Lipinski definition) is 3. The number of fused-ring (bicyclic) bond motifs is 1. The van der Waals surface area contributed by atoms with Gasteiger partial charge in [0, 0.05) is 43.3 Å². The molecule has 2 heterocycles. The summed E-state index contributed by atoms with van der Waals surface area (Å²) >= 11 is 0. The van der Waals surface area contributed by atoms with Gasteiger partial charge in [0.1, 0.15) is 17.0 Å². The van der Waals surface area contributed by atoms with E-state index in [0.29, 0.717) is 34.2 Å². The van der Waals surface area contributed by atoms with Crippen molar-refractivity contribution in [2.75, 3.05) is 16.0 Å².